The van der Waals surface area contributed by atoms with Gasteiger partial charge in [-0.05, 0) is 18.6 Å². The monoisotopic (exact) mass is 419 g/mol. The van der Waals surface area contributed by atoms with Crippen molar-refractivity contribution in [2.75, 3.05) is 39.3 Å². The van der Waals surface area contributed by atoms with Crippen molar-refractivity contribution in [1.29, 1.82) is 0 Å². The number of fused-ring (bicyclic) bond motifs is 1. The maximum absolute atomic E-state index is 12.6. The Balaban J connectivity index is 0.00000225. The summed E-state index contributed by atoms with van der Waals surface area (Å²) >= 11 is 1.52. The van der Waals surface area contributed by atoms with E-state index >= 15 is 0 Å². The van der Waals surface area contributed by atoms with E-state index in [4.69, 9.17) is 0 Å². The first kappa shape index (κ1) is 20.8. The topological polar surface area (TPSA) is 62.2 Å². The molecule has 1 saturated heterocycles. The Bertz CT molecular complexity index is 917. The number of hydrogen-bond acceptors (Lipinski definition) is 5. The zero-order valence-electron chi connectivity index (χ0n) is 16.0. The molecule has 28 heavy (non-hydrogen) atoms. The third-order valence-electron chi connectivity index (χ3n) is 4.93. The molecule has 0 spiro atoms. The Morgan fingerprint density at radius 1 is 1.25 bits per heavy atom. The van der Waals surface area contributed by atoms with Crippen molar-refractivity contribution in [2.24, 2.45) is 0 Å². The second-order valence-corrected chi connectivity index (χ2v) is 7.94. The van der Waals surface area contributed by atoms with E-state index in [9.17, 15) is 4.79 Å². The third-order valence-corrected chi connectivity index (χ3v) is 6.08. The first-order chi connectivity index (χ1) is 13.2. The molecule has 1 fully saturated rings. The second-order valence-electron chi connectivity index (χ2n) is 6.91. The Hall–Kier alpha value is -1.93. The molecule has 3 heterocycles. The average Bonchev–Trinajstić information content (AvgIpc) is 3.25. The lowest BCUT2D eigenvalue weighted by Gasteiger charge is -2.26. The highest BCUT2D eigenvalue weighted by Crippen LogP contribution is 2.28. The van der Waals surface area contributed by atoms with Gasteiger partial charge in [0.15, 0.2) is 0 Å². The lowest BCUT2D eigenvalue weighted by atomic mass is 10.2. The van der Waals surface area contributed by atoms with Crippen LogP contribution in [0.4, 0.5) is 0 Å². The van der Waals surface area contributed by atoms with Gasteiger partial charge >= 0.3 is 0 Å². The minimum absolute atomic E-state index is 0. The average molecular weight is 420 g/mol. The summed E-state index contributed by atoms with van der Waals surface area (Å²) in [5.74, 6) is 0.0111. The number of rotatable bonds is 6. The van der Waals surface area contributed by atoms with Crippen molar-refractivity contribution < 1.29 is 4.79 Å². The van der Waals surface area contributed by atoms with E-state index in [0.29, 0.717) is 6.54 Å². The van der Waals surface area contributed by atoms with Crippen LogP contribution < -0.4 is 10.6 Å². The molecular formula is C20H26ClN5OS. The summed E-state index contributed by atoms with van der Waals surface area (Å²) in [6, 6.07) is 12.3. The van der Waals surface area contributed by atoms with Crippen LogP contribution in [0.3, 0.4) is 0 Å². The van der Waals surface area contributed by atoms with Crippen molar-refractivity contribution >= 4 is 39.9 Å². The van der Waals surface area contributed by atoms with Gasteiger partial charge in [0.25, 0.3) is 5.91 Å². The van der Waals surface area contributed by atoms with Crippen LogP contribution >= 0.6 is 23.7 Å². The van der Waals surface area contributed by atoms with E-state index in [1.165, 1.54) is 16.9 Å². The molecule has 8 heteroatoms. The Morgan fingerprint density at radius 3 is 2.75 bits per heavy atom. The molecule has 1 aliphatic heterocycles. The quantitative estimate of drug-likeness (QED) is 0.644. The molecule has 0 aliphatic carbocycles. The number of thiophene rings is 1. The summed E-state index contributed by atoms with van der Waals surface area (Å²) in [6.45, 7) is 8.46. The highest BCUT2D eigenvalue weighted by atomic mass is 35.5. The fourth-order valence-electron chi connectivity index (χ4n) is 3.44. The third kappa shape index (κ3) is 4.72. The first-order valence-corrected chi connectivity index (χ1v) is 10.2. The molecule has 1 amide bonds. The van der Waals surface area contributed by atoms with Crippen LogP contribution in [0.25, 0.3) is 10.2 Å². The van der Waals surface area contributed by atoms with Gasteiger partial charge in [-0.3, -0.25) is 14.4 Å². The summed E-state index contributed by atoms with van der Waals surface area (Å²) in [6.07, 6.45) is 0. The number of piperazine rings is 1. The van der Waals surface area contributed by atoms with Crippen molar-refractivity contribution in [2.45, 2.75) is 13.5 Å². The van der Waals surface area contributed by atoms with Gasteiger partial charge in [0, 0.05) is 44.7 Å². The Morgan fingerprint density at radius 2 is 2.00 bits per heavy atom. The molecule has 2 N–H and O–H groups in total. The summed E-state index contributed by atoms with van der Waals surface area (Å²) < 4.78 is 2.00. The molecule has 0 bridgehead atoms. The largest absolute Gasteiger partial charge is 0.350 e. The predicted octanol–water partition coefficient (Wildman–Crippen LogP) is 2.51. The number of halogens is 1. The van der Waals surface area contributed by atoms with Crippen LogP contribution in [0.2, 0.25) is 0 Å². The standard InChI is InChI=1S/C20H25N5OS.ClH/c1-15-17-13-18(19(26)22-9-12-24-10-7-21-8-11-24)27-20(17)25(23-15)14-16-5-3-2-4-6-16;/h2-6,13,21H,7-12,14H2,1H3,(H,22,26);1H. The normalized spacial score (nSPS) is 14.8. The molecule has 3 aromatic rings. The highest BCUT2D eigenvalue weighted by molar-refractivity contribution is 7.20. The van der Waals surface area contributed by atoms with E-state index in [1.807, 2.05) is 35.9 Å². The van der Waals surface area contributed by atoms with E-state index < -0.39 is 0 Å². The number of nitrogens with one attached hydrogen (secondary N) is 2. The van der Waals surface area contributed by atoms with Gasteiger partial charge in [-0.15, -0.1) is 23.7 Å². The van der Waals surface area contributed by atoms with E-state index in [-0.39, 0.29) is 18.3 Å². The minimum Gasteiger partial charge on any atom is -0.350 e. The minimum atomic E-state index is 0. The molecule has 0 radical (unpaired) electrons. The number of aromatic nitrogens is 2. The van der Waals surface area contributed by atoms with Crippen molar-refractivity contribution in [3.63, 3.8) is 0 Å². The van der Waals surface area contributed by atoms with E-state index in [0.717, 1.165) is 60.1 Å². The van der Waals surface area contributed by atoms with Gasteiger partial charge in [0.1, 0.15) is 4.83 Å². The molecule has 1 aromatic carbocycles. The first-order valence-electron chi connectivity index (χ1n) is 9.43. The lowest BCUT2D eigenvalue weighted by molar-refractivity contribution is 0.0951. The maximum Gasteiger partial charge on any atom is 0.261 e. The number of nitrogens with zero attached hydrogens (tertiary/aromatic N) is 3. The smallest absolute Gasteiger partial charge is 0.261 e. The number of amides is 1. The zero-order valence-corrected chi connectivity index (χ0v) is 17.6. The van der Waals surface area contributed by atoms with Crippen molar-refractivity contribution in [3.8, 4) is 0 Å². The molecule has 150 valence electrons. The lowest BCUT2D eigenvalue weighted by Crippen LogP contribution is -2.46. The van der Waals surface area contributed by atoms with Crippen LogP contribution in [0, 0.1) is 6.92 Å². The van der Waals surface area contributed by atoms with Gasteiger partial charge in [-0.2, -0.15) is 5.10 Å². The highest BCUT2D eigenvalue weighted by Gasteiger charge is 2.17. The van der Waals surface area contributed by atoms with Crippen LogP contribution in [-0.2, 0) is 6.54 Å². The fraction of sp³-hybridized carbons (Fsp3) is 0.400. The number of carbonyl (C=O) groups is 1. The molecule has 0 saturated carbocycles. The van der Waals surface area contributed by atoms with Gasteiger partial charge in [-0.1, -0.05) is 30.3 Å². The van der Waals surface area contributed by atoms with Crippen LogP contribution in [0.1, 0.15) is 20.9 Å². The maximum atomic E-state index is 12.6. The molecule has 2 aromatic heterocycles. The summed E-state index contributed by atoms with van der Waals surface area (Å²) in [5, 5.41) is 12.1. The van der Waals surface area contributed by atoms with Crippen molar-refractivity contribution in [3.05, 3.63) is 52.5 Å². The summed E-state index contributed by atoms with van der Waals surface area (Å²) in [5.41, 5.74) is 2.18. The van der Waals surface area contributed by atoms with Crippen LogP contribution in [-0.4, -0.2) is 59.9 Å². The molecule has 4 rings (SSSR count). The summed E-state index contributed by atoms with van der Waals surface area (Å²) in [4.78, 5) is 16.8. The molecular weight excluding hydrogens is 394 g/mol. The second kappa shape index (κ2) is 9.52. The molecule has 6 nitrogen and oxygen atoms in total. The molecule has 0 unspecified atom stereocenters. The number of hydrogen-bond donors (Lipinski definition) is 2. The fourth-order valence-corrected chi connectivity index (χ4v) is 4.51. The zero-order chi connectivity index (χ0) is 18.6. The van der Waals surface area contributed by atoms with Gasteiger partial charge in [0.2, 0.25) is 0 Å². The Kier molecular flexibility index (Phi) is 7.07. The predicted molar refractivity (Wildman–Crippen MR) is 117 cm³/mol. The number of aryl methyl sites for hydroxylation is 1. The number of carbonyl (C=O) groups excluding carboxylic acids is 1. The SMILES string of the molecule is Cc1nn(Cc2ccccc2)c2sc(C(=O)NCCN3CCNCC3)cc12.Cl. The van der Waals surface area contributed by atoms with E-state index in [1.54, 1.807) is 0 Å². The molecule has 1 aliphatic rings. The summed E-state index contributed by atoms with van der Waals surface area (Å²) in [7, 11) is 0. The van der Waals surface area contributed by atoms with Gasteiger partial charge in [-0.25, -0.2) is 0 Å². The van der Waals surface area contributed by atoms with Crippen LogP contribution in [0.5, 0.6) is 0 Å². The van der Waals surface area contributed by atoms with Crippen molar-refractivity contribution in [1.82, 2.24) is 25.3 Å². The van der Waals surface area contributed by atoms with Crippen LogP contribution in [0.15, 0.2) is 36.4 Å². The Labute approximate surface area is 175 Å². The van der Waals surface area contributed by atoms with E-state index in [2.05, 4.69) is 32.8 Å². The number of benzene rings is 1. The molecule has 0 atom stereocenters. The van der Waals surface area contributed by atoms with Gasteiger partial charge in [0.05, 0.1) is 17.1 Å². The van der Waals surface area contributed by atoms with Gasteiger partial charge < -0.3 is 10.6 Å².